The average Bonchev–Trinajstić information content (AvgIpc) is 1.63. The topological polar surface area (TPSA) is 347 Å². The Morgan fingerprint density at radius 1 is 0.726 bits per heavy atom. The van der Waals surface area contributed by atoms with Crippen molar-refractivity contribution < 1.29 is 95.2 Å². The Morgan fingerprint density at radius 3 is 1.88 bits per heavy atom. The van der Waals surface area contributed by atoms with Crippen molar-refractivity contribution in [3.05, 3.63) is 104 Å². The van der Waals surface area contributed by atoms with Crippen LogP contribution in [0.2, 0.25) is 0 Å². The van der Waals surface area contributed by atoms with Gasteiger partial charge in [-0.2, -0.15) is 0 Å². The quantitative estimate of drug-likeness (QED) is 0.0186. The van der Waals surface area contributed by atoms with Crippen molar-refractivity contribution in [2.75, 3.05) is 124 Å². The molecular weight excluding hydrogens is 1240 g/mol. The van der Waals surface area contributed by atoms with E-state index in [4.69, 9.17) is 52.4 Å². The number of carbonyl (C=O) groups excluding carboxylic acids is 8. The van der Waals surface area contributed by atoms with E-state index >= 15 is 4.39 Å². The standard InChI is InChI=1S/C66H85FN8O20/c1-6-66(85)48-35-52-60-46(37-75(52)63(82)47(48)39-94-64(66)83)58-50(12-11-45-41(4)49(67)36-51(71-60)57(45)58)72-65(84)95-38-43-7-9-44(10-8-43)70-61(80)42(5)69-62(81)59(40(2)3)73-54(77)16-19-86-21-23-88-25-27-90-29-31-92-33-34-93-32-30-91-28-26-89-24-22-87-20-17-68-53(76)15-18-74-55(78)13-14-56(74)79/h7-10,13-14,35-36,40,42,50,59,85H,6,11-12,15-34,37-39H2,1-5H3,(H,68,76)(H,69,81)(H,70,80)(H,72,84)(H,73,77)/t42-,50-,59-,66-/m0/s1. The van der Waals surface area contributed by atoms with Gasteiger partial charge in [-0.05, 0) is 79.5 Å². The minimum absolute atomic E-state index is 0.00777. The lowest BCUT2D eigenvalue weighted by Gasteiger charge is -2.31. The number of rotatable bonds is 40. The maximum absolute atomic E-state index is 15.4. The fraction of sp³-hybridized carbons (Fsp3) is 0.545. The van der Waals surface area contributed by atoms with Gasteiger partial charge in [-0.1, -0.05) is 32.9 Å². The van der Waals surface area contributed by atoms with E-state index in [1.165, 1.54) is 29.7 Å². The van der Waals surface area contributed by atoms with Gasteiger partial charge in [-0.3, -0.25) is 38.5 Å². The van der Waals surface area contributed by atoms with Crippen LogP contribution in [0.5, 0.6) is 0 Å². The summed E-state index contributed by atoms with van der Waals surface area (Å²) in [5.74, 6) is -4.18. The third kappa shape index (κ3) is 19.5. The van der Waals surface area contributed by atoms with Crippen LogP contribution < -0.4 is 32.1 Å². The van der Waals surface area contributed by atoms with E-state index in [0.29, 0.717) is 156 Å². The minimum atomic E-state index is -2.04. The van der Waals surface area contributed by atoms with Crippen LogP contribution in [0.1, 0.15) is 98.4 Å². The lowest BCUT2D eigenvalue weighted by molar-refractivity contribution is -0.172. The van der Waals surface area contributed by atoms with Gasteiger partial charge in [-0.15, -0.1) is 0 Å². The first-order valence-electron chi connectivity index (χ1n) is 32.0. The number of cyclic esters (lactones) is 1. The van der Waals surface area contributed by atoms with Crippen LogP contribution in [-0.4, -0.2) is 198 Å². The number of amides is 7. The van der Waals surface area contributed by atoms with Crippen LogP contribution in [0.15, 0.2) is 53.3 Å². The third-order valence-electron chi connectivity index (χ3n) is 16.4. The molecular formula is C66H85FN8O20. The predicted molar refractivity (Wildman–Crippen MR) is 338 cm³/mol. The second-order valence-electron chi connectivity index (χ2n) is 23.2. The summed E-state index contributed by atoms with van der Waals surface area (Å²) in [6, 6.07) is 6.96. The number of aryl methyl sites for hydroxylation is 1. The Labute approximate surface area is 548 Å². The van der Waals surface area contributed by atoms with Gasteiger partial charge in [0.25, 0.3) is 17.4 Å². The summed E-state index contributed by atoms with van der Waals surface area (Å²) < 4.78 is 71.8. The molecule has 0 radical (unpaired) electrons. The van der Waals surface area contributed by atoms with Crippen molar-refractivity contribution >= 4 is 64.1 Å². The summed E-state index contributed by atoms with van der Waals surface area (Å²) in [4.78, 5) is 121. The highest BCUT2D eigenvalue weighted by Gasteiger charge is 2.46. The molecule has 6 N–H and O–H groups in total. The number of aromatic nitrogens is 2. The highest BCUT2D eigenvalue weighted by molar-refractivity contribution is 6.13. The Hall–Kier alpha value is -8.13. The molecule has 0 saturated heterocycles. The van der Waals surface area contributed by atoms with E-state index in [1.54, 1.807) is 58.0 Å². The van der Waals surface area contributed by atoms with Crippen LogP contribution in [-0.2, 0) is 113 Å². The van der Waals surface area contributed by atoms with E-state index < -0.39 is 76.7 Å². The zero-order chi connectivity index (χ0) is 68.0. The fourth-order valence-electron chi connectivity index (χ4n) is 11.1. The molecule has 4 atom stereocenters. The van der Waals surface area contributed by atoms with Crippen LogP contribution in [0.4, 0.5) is 14.9 Å². The van der Waals surface area contributed by atoms with Gasteiger partial charge in [-0.25, -0.2) is 19.0 Å². The molecule has 5 heterocycles. The lowest BCUT2D eigenvalue weighted by Crippen LogP contribution is -2.53. The fourth-order valence-corrected chi connectivity index (χ4v) is 11.1. The van der Waals surface area contributed by atoms with Crippen molar-refractivity contribution in [1.29, 1.82) is 0 Å². The molecule has 0 fully saturated rings. The van der Waals surface area contributed by atoms with Crippen molar-refractivity contribution in [3.8, 4) is 11.4 Å². The summed E-state index contributed by atoms with van der Waals surface area (Å²) in [6.07, 6.45) is 2.42. The maximum Gasteiger partial charge on any atom is 0.407 e. The number of anilines is 1. The summed E-state index contributed by atoms with van der Waals surface area (Å²) in [5.41, 5.74) is 2.41. The lowest BCUT2D eigenvalue weighted by atomic mass is 9.81. The zero-order valence-corrected chi connectivity index (χ0v) is 54.2. The predicted octanol–water partition coefficient (Wildman–Crippen LogP) is 2.98. The smallest absolute Gasteiger partial charge is 0.407 e. The van der Waals surface area contributed by atoms with Crippen molar-refractivity contribution in [2.24, 2.45) is 5.92 Å². The number of imide groups is 1. The third-order valence-corrected chi connectivity index (χ3v) is 16.4. The monoisotopic (exact) mass is 1330 g/mol. The Kier molecular flexibility index (Phi) is 27.2. The normalized spacial score (nSPS) is 16.7. The number of ether oxygens (including phenoxy) is 10. The van der Waals surface area contributed by atoms with Crippen LogP contribution in [0.25, 0.3) is 22.3 Å². The number of nitrogens with one attached hydrogen (secondary N) is 5. The molecule has 29 heteroatoms. The molecule has 28 nitrogen and oxygen atoms in total. The molecule has 95 heavy (non-hydrogen) atoms. The van der Waals surface area contributed by atoms with E-state index in [0.717, 1.165) is 10.5 Å². The van der Waals surface area contributed by atoms with Gasteiger partial charge in [0.15, 0.2) is 5.60 Å². The average molecular weight is 1330 g/mol. The highest BCUT2D eigenvalue weighted by atomic mass is 19.1. The molecule has 0 saturated carbocycles. The molecule has 8 rings (SSSR count). The molecule has 2 aromatic carbocycles. The number of nitrogens with zero attached hydrogens (tertiary/aromatic N) is 3. The molecule has 4 aliphatic rings. The molecule has 0 spiro atoms. The number of fused-ring (bicyclic) bond motifs is 5. The van der Waals surface area contributed by atoms with Gasteiger partial charge in [0.05, 0.1) is 141 Å². The Bertz CT molecular complexity index is 3470. The van der Waals surface area contributed by atoms with Crippen molar-refractivity contribution in [1.82, 2.24) is 35.7 Å². The number of carbonyl (C=O) groups is 8. The second kappa shape index (κ2) is 35.6. The van der Waals surface area contributed by atoms with E-state index in [2.05, 4.69) is 26.6 Å². The summed E-state index contributed by atoms with van der Waals surface area (Å²) in [5, 5.41) is 25.9. The molecule has 7 amide bonds. The number of esters is 1. The van der Waals surface area contributed by atoms with Crippen molar-refractivity contribution in [2.45, 2.75) is 110 Å². The number of hydrogen-bond acceptors (Lipinski definition) is 21. The Balaban J connectivity index is 0.629. The molecule has 4 aromatic rings. The van der Waals surface area contributed by atoms with Gasteiger partial charge in [0.2, 0.25) is 23.6 Å². The minimum Gasteiger partial charge on any atom is -0.458 e. The molecule has 516 valence electrons. The number of halogens is 1. The Morgan fingerprint density at radius 2 is 1.31 bits per heavy atom. The first-order valence-corrected chi connectivity index (χ1v) is 32.0. The molecule has 1 aliphatic carbocycles. The number of benzene rings is 2. The number of alkyl carbamates (subject to hydrolysis) is 1. The van der Waals surface area contributed by atoms with Crippen molar-refractivity contribution in [3.63, 3.8) is 0 Å². The summed E-state index contributed by atoms with van der Waals surface area (Å²) >= 11 is 0. The number of pyridine rings is 2. The first kappa shape index (κ1) is 72.7. The van der Waals surface area contributed by atoms with E-state index in [-0.39, 0.29) is 88.3 Å². The van der Waals surface area contributed by atoms with Gasteiger partial charge in [0.1, 0.15) is 31.1 Å². The zero-order valence-electron chi connectivity index (χ0n) is 54.2. The summed E-state index contributed by atoms with van der Waals surface area (Å²) in [7, 11) is 0. The molecule has 0 unspecified atom stereocenters. The number of hydrogen-bond donors (Lipinski definition) is 6. The summed E-state index contributed by atoms with van der Waals surface area (Å²) in [6.45, 7) is 13.8. The first-order chi connectivity index (χ1) is 45.8. The maximum atomic E-state index is 15.4. The molecule has 3 aliphatic heterocycles. The van der Waals surface area contributed by atoms with Gasteiger partial charge in [0, 0.05) is 66.4 Å². The van der Waals surface area contributed by atoms with Crippen LogP contribution >= 0.6 is 0 Å². The number of aliphatic hydroxyl groups is 1. The SMILES string of the molecule is CC[C@@]1(O)C(=O)OCc2c1cc1n(c2=O)Cc2c-1nc1cc(F)c(C)c3c1c2[C@@H](NC(=O)OCc1ccc(NC(=O)[C@H](C)NC(=O)[C@@H](NC(=O)CCOCCOCCOCCOCCOCCOCCOCCOCCNC(=O)CCN2C(=O)C=CC2=O)C(C)C)cc1)CC3. The van der Waals surface area contributed by atoms with E-state index in [9.17, 15) is 48.3 Å². The van der Waals surface area contributed by atoms with E-state index in [1.807, 2.05) is 0 Å². The van der Waals surface area contributed by atoms with Gasteiger partial charge >= 0.3 is 12.1 Å². The van der Waals surface area contributed by atoms with Crippen LogP contribution in [0.3, 0.4) is 0 Å². The molecule has 0 bridgehead atoms. The van der Waals surface area contributed by atoms with Crippen LogP contribution in [0, 0.1) is 18.7 Å². The molecule has 2 aromatic heterocycles. The largest absolute Gasteiger partial charge is 0.458 e. The second-order valence-corrected chi connectivity index (χ2v) is 23.2. The highest BCUT2D eigenvalue weighted by Crippen LogP contribution is 2.46. The van der Waals surface area contributed by atoms with Gasteiger partial charge < -0.3 is 83.6 Å².